The van der Waals surface area contributed by atoms with Crippen LogP contribution in [0.25, 0.3) is 0 Å². The van der Waals surface area contributed by atoms with E-state index in [-0.39, 0.29) is 5.91 Å². The molecular weight excluding hydrogens is 284 g/mol. The average Bonchev–Trinajstić information content (AvgIpc) is 2.65. The Morgan fingerprint density at radius 3 is 2.57 bits per heavy atom. The van der Waals surface area contributed by atoms with Crippen LogP contribution in [0.4, 0.5) is 10.9 Å². The number of nitrogen functional groups attached to an aromatic ring is 1. The smallest absolute Gasteiger partial charge is 0.267 e. The van der Waals surface area contributed by atoms with Crippen molar-refractivity contribution in [3.8, 4) is 0 Å². The number of amides is 1. The monoisotopic (exact) mass is 308 g/mol. The third-order valence-corrected chi connectivity index (χ3v) is 4.69. The molecule has 6 heteroatoms. The minimum Gasteiger partial charge on any atom is -0.382 e. The van der Waals surface area contributed by atoms with Gasteiger partial charge in [-0.3, -0.25) is 4.79 Å². The van der Waals surface area contributed by atoms with E-state index in [2.05, 4.69) is 16.5 Å². The Morgan fingerprint density at radius 2 is 2.00 bits per heavy atom. The van der Waals surface area contributed by atoms with E-state index in [4.69, 9.17) is 5.73 Å². The largest absolute Gasteiger partial charge is 0.382 e. The van der Waals surface area contributed by atoms with Crippen molar-refractivity contribution >= 4 is 28.2 Å². The molecule has 0 spiro atoms. The standard InChI is InChI=1S/C15H24N4OS/c1-11(2)10-18(3)14(20)12-13(16)17-15(21-12)19-8-6-4-5-7-9-19/h1,4-10,16H2,2-3H3. The normalized spacial score (nSPS) is 15.6. The minimum absolute atomic E-state index is 0.0749. The van der Waals surface area contributed by atoms with Gasteiger partial charge in [-0.05, 0) is 19.8 Å². The molecule has 0 aromatic carbocycles. The van der Waals surface area contributed by atoms with Gasteiger partial charge < -0.3 is 15.5 Å². The van der Waals surface area contributed by atoms with Crippen LogP contribution in [-0.4, -0.2) is 42.5 Å². The lowest BCUT2D eigenvalue weighted by atomic mass is 10.2. The predicted molar refractivity (Wildman–Crippen MR) is 89.0 cm³/mol. The number of anilines is 2. The van der Waals surface area contributed by atoms with Crippen molar-refractivity contribution in [3.05, 3.63) is 17.0 Å². The van der Waals surface area contributed by atoms with Crippen molar-refractivity contribution < 1.29 is 4.79 Å². The van der Waals surface area contributed by atoms with Gasteiger partial charge >= 0.3 is 0 Å². The third-order valence-electron chi connectivity index (χ3n) is 3.57. The summed E-state index contributed by atoms with van der Waals surface area (Å²) >= 11 is 1.41. The van der Waals surface area contributed by atoms with Gasteiger partial charge in [0.15, 0.2) is 5.13 Å². The van der Waals surface area contributed by atoms with Crippen LogP contribution in [0, 0.1) is 0 Å². The molecule has 2 rings (SSSR count). The quantitative estimate of drug-likeness (QED) is 0.869. The molecule has 0 saturated carbocycles. The number of aromatic nitrogens is 1. The molecule has 0 unspecified atom stereocenters. The fourth-order valence-electron chi connectivity index (χ4n) is 2.52. The second kappa shape index (κ2) is 6.93. The van der Waals surface area contributed by atoms with Gasteiger partial charge in [-0.15, -0.1) is 0 Å². The molecule has 2 heterocycles. The van der Waals surface area contributed by atoms with Gasteiger partial charge in [0, 0.05) is 26.7 Å². The topological polar surface area (TPSA) is 62.5 Å². The van der Waals surface area contributed by atoms with Gasteiger partial charge in [-0.25, -0.2) is 4.98 Å². The van der Waals surface area contributed by atoms with Crippen LogP contribution in [0.5, 0.6) is 0 Å². The Kier molecular flexibility index (Phi) is 5.22. The highest BCUT2D eigenvalue weighted by molar-refractivity contribution is 7.18. The Hall–Kier alpha value is -1.56. The first-order valence-corrected chi connectivity index (χ1v) is 8.21. The van der Waals surface area contributed by atoms with E-state index in [1.165, 1.54) is 37.0 Å². The van der Waals surface area contributed by atoms with Gasteiger partial charge in [-0.2, -0.15) is 0 Å². The summed E-state index contributed by atoms with van der Waals surface area (Å²) in [6, 6.07) is 0. The number of rotatable bonds is 4. The summed E-state index contributed by atoms with van der Waals surface area (Å²) in [6.07, 6.45) is 4.89. The first kappa shape index (κ1) is 15.8. The predicted octanol–water partition coefficient (Wildman–Crippen LogP) is 2.75. The Morgan fingerprint density at radius 1 is 1.38 bits per heavy atom. The van der Waals surface area contributed by atoms with Gasteiger partial charge in [-0.1, -0.05) is 36.3 Å². The Labute approximate surface area is 130 Å². The summed E-state index contributed by atoms with van der Waals surface area (Å²) < 4.78 is 0. The molecule has 21 heavy (non-hydrogen) atoms. The minimum atomic E-state index is -0.0749. The second-order valence-corrected chi connectivity index (χ2v) is 6.71. The van der Waals surface area contributed by atoms with Crippen LogP contribution in [0.15, 0.2) is 12.2 Å². The number of hydrogen-bond acceptors (Lipinski definition) is 5. The second-order valence-electron chi connectivity index (χ2n) is 5.73. The lowest BCUT2D eigenvalue weighted by Crippen LogP contribution is -2.28. The van der Waals surface area contributed by atoms with Crippen molar-refractivity contribution in [3.63, 3.8) is 0 Å². The number of thiazole rings is 1. The fourth-order valence-corrected chi connectivity index (χ4v) is 3.55. The van der Waals surface area contributed by atoms with E-state index < -0.39 is 0 Å². The summed E-state index contributed by atoms with van der Waals surface area (Å²) in [5.41, 5.74) is 6.91. The summed E-state index contributed by atoms with van der Waals surface area (Å²) in [4.78, 5) is 21.3. The zero-order valence-electron chi connectivity index (χ0n) is 12.9. The number of likely N-dealkylation sites (N-methyl/N-ethyl adjacent to an activating group) is 1. The number of nitrogens with zero attached hydrogens (tertiary/aromatic N) is 3. The van der Waals surface area contributed by atoms with Crippen LogP contribution in [-0.2, 0) is 0 Å². The summed E-state index contributed by atoms with van der Waals surface area (Å²) in [7, 11) is 1.77. The van der Waals surface area contributed by atoms with Crippen molar-refractivity contribution in [2.75, 3.05) is 37.3 Å². The maximum absolute atomic E-state index is 12.4. The van der Waals surface area contributed by atoms with E-state index in [9.17, 15) is 4.79 Å². The summed E-state index contributed by atoms with van der Waals surface area (Å²) in [5, 5.41) is 0.876. The first-order chi connectivity index (χ1) is 9.99. The molecular formula is C15H24N4OS. The van der Waals surface area contributed by atoms with Crippen LogP contribution in [0.3, 0.4) is 0 Å². The number of carbonyl (C=O) groups excluding carboxylic acids is 1. The molecule has 0 aliphatic carbocycles. The lowest BCUT2D eigenvalue weighted by Gasteiger charge is -2.18. The molecule has 116 valence electrons. The maximum Gasteiger partial charge on any atom is 0.267 e. The average molecular weight is 308 g/mol. The van der Waals surface area contributed by atoms with E-state index in [0.717, 1.165) is 23.8 Å². The molecule has 1 aromatic heterocycles. The van der Waals surface area contributed by atoms with Gasteiger partial charge in [0.1, 0.15) is 10.7 Å². The Balaban J connectivity index is 2.14. The number of hydrogen-bond donors (Lipinski definition) is 1. The highest BCUT2D eigenvalue weighted by Gasteiger charge is 2.22. The van der Waals surface area contributed by atoms with Crippen LogP contribution in [0.2, 0.25) is 0 Å². The summed E-state index contributed by atoms with van der Waals surface area (Å²) in [5.74, 6) is 0.270. The SMILES string of the molecule is C=C(C)CN(C)C(=O)c1sc(N2CCCCCC2)nc1N. The number of nitrogens with two attached hydrogens (primary N) is 1. The molecule has 1 aromatic rings. The van der Waals surface area contributed by atoms with Crippen molar-refractivity contribution in [1.29, 1.82) is 0 Å². The molecule has 0 radical (unpaired) electrons. The van der Waals surface area contributed by atoms with E-state index in [1.807, 2.05) is 6.92 Å². The molecule has 1 aliphatic rings. The molecule has 0 atom stereocenters. The van der Waals surface area contributed by atoms with Crippen LogP contribution < -0.4 is 10.6 Å². The third kappa shape index (κ3) is 3.97. The number of carbonyl (C=O) groups is 1. The highest BCUT2D eigenvalue weighted by Crippen LogP contribution is 2.30. The molecule has 1 fully saturated rings. The molecule has 1 aliphatic heterocycles. The molecule has 1 amide bonds. The first-order valence-electron chi connectivity index (χ1n) is 7.40. The summed E-state index contributed by atoms with van der Waals surface area (Å²) in [6.45, 7) is 8.28. The lowest BCUT2D eigenvalue weighted by molar-refractivity contribution is 0.0812. The highest BCUT2D eigenvalue weighted by atomic mass is 32.1. The molecule has 5 nitrogen and oxygen atoms in total. The van der Waals surface area contributed by atoms with E-state index >= 15 is 0 Å². The zero-order valence-corrected chi connectivity index (χ0v) is 13.7. The fraction of sp³-hybridized carbons (Fsp3) is 0.600. The maximum atomic E-state index is 12.4. The van der Waals surface area contributed by atoms with Gasteiger partial charge in [0.25, 0.3) is 5.91 Å². The van der Waals surface area contributed by atoms with Gasteiger partial charge in [0.2, 0.25) is 0 Å². The zero-order chi connectivity index (χ0) is 15.4. The van der Waals surface area contributed by atoms with Crippen molar-refractivity contribution in [2.45, 2.75) is 32.6 Å². The molecule has 1 saturated heterocycles. The van der Waals surface area contributed by atoms with Crippen molar-refractivity contribution in [1.82, 2.24) is 9.88 Å². The van der Waals surface area contributed by atoms with Gasteiger partial charge in [0.05, 0.1) is 0 Å². The van der Waals surface area contributed by atoms with Crippen LogP contribution >= 0.6 is 11.3 Å². The Bertz CT molecular complexity index is 518. The molecule has 0 bridgehead atoms. The van der Waals surface area contributed by atoms with E-state index in [0.29, 0.717) is 17.2 Å². The van der Waals surface area contributed by atoms with Crippen LogP contribution in [0.1, 0.15) is 42.3 Å². The van der Waals surface area contributed by atoms with E-state index in [1.54, 1.807) is 11.9 Å². The molecule has 2 N–H and O–H groups in total. The van der Waals surface area contributed by atoms with Crippen molar-refractivity contribution in [2.24, 2.45) is 0 Å².